The summed E-state index contributed by atoms with van der Waals surface area (Å²) in [7, 11) is 0. The van der Waals surface area contributed by atoms with Gasteiger partial charge in [-0.25, -0.2) is 4.79 Å². The van der Waals surface area contributed by atoms with E-state index in [1.165, 1.54) is 23.1 Å². The number of aliphatic carboxylic acids is 1. The van der Waals surface area contributed by atoms with Crippen LogP contribution in [0.1, 0.15) is 30.0 Å². The number of carboxylic acid groups (broad SMARTS) is 1. The normalized spacial score (nSPS) is 19.1. The van der Waals surface area contributed by atoms with Crippen LogP contribution in [0.15, 0.2) is 48.5 Å². The zero-order valence-electron chi connectivity index (χ0n) is 16.6. The molecule has 9 heteroatoms. The van der Waals surface area contributed by atoms with Crippen LogP contribution in [0.25, 0.3) is 0 Å². The van der Waals surface area contributed by atoms with Crippen LogP contribution in [0.3, 0.4) is 0 Å². The molecule has 164 valence electrons. The van der Waals surface area contributed by atoms with Crippen LogP contribution in [-0.4, -0.2) is 55.8 Å². The van der Waals surface area contributed by atoms with Crippen LogP contribution < -0.4 is 5.32 Å². The van der Waals surface area contributed by atoms with Crippen LogP contribution in [0.5, 0.6) is 11.5 Å². The molecule has 8 nitrogen and oxygen atoms in total. The Hall–Kier alpha value is -3.20. The van der Waals surface area contributed by atoms with Crippen LogP contribution in [0.4, 0.5) is 0 Å². The average molecular weight is 445 g/mol. The summed E-state index contributed by atoms with van der Waals surface area (Å²) in [6, 6.07) is 11.3. The highest BCUT2D eigenvalue weighted by Gasteiger charge is 2.42. The number of phenols is 2. The largest absolute Gasteiger partial charge is 0.508 e. The number of carbonyl (C=O) groups is 3. The van der Waals surface area contributed by atoms with E-state index in [2.05, 4.69) is 17.9 Å². The minimum Gasteiger partial charge on any atom is -0.508 e. The summed E-state index contributed by atoms with van der Waals surface area (Å²) >= 11 is 4.29. The van der Waals surface area contributed by atoms with Gasteiger partial charge in [0.1, 0.15) is 17.5 Å². The molecule has 1 aliphatic heterocycles. The van der Waals surface area contributed by atoms with E-state index in [1.54, 1.807) is 30.3 Å². The zero-order valence-corrected chi connectivity index (χ0v) is 17.5. The minimum absolute atomic E-state index is 0.00954. The van der Waals surface area contributed by atoms with Gasteiger partial charge < -0.3 is 25.5 Å². The summed E-state index contributed by atoms with van der Waals surface area (Å²) in [4.78, 5) is 38.2. The summed E-state index contributed by atoms with van der Waals surface area (Å²) in [6.07, 6.45) is 0.944. The molecular formula is C22H24N2O6S. The lowest BCUT2D eigenvalue weighted by atomic mass is 10.0. The zero-order chi connectivity index (χ0) is 22.5. The monoisotopic (exact) mass is 444 g/mol. The van der Waals surface area contributed by atoms with Gasteiger partial charge in [-0.1, -0.05) is 30.3 Å². The summed E-state index contributed by atoms with van der Waals surface area (Å²) in [5.74, 6) is -2.03. The molecule has 0 aromatic heterocycles. The third-order valence-electron chi connectivity index (χ3n) is 5.34. The second-order valence-electron chi connectivity index (χ2n) is 7.41. The molecule has 31 heavy (non-hydrogen) atoms. The molecule has 1 heterocycles. The summed E-state index contributed by atoms with van der Waals surface area (Å²) in [5, 5.41) is 30.8. The molecule has 1 aliphatic rings. The van der Waals surface area contributed by atoms with E-state index in [0.717, 1.165) is 5.56 Å². The van der Waals surface area contributed by atoms with Gasteiger partial charge in [0, 0.05) is 5.56 Å². The van der Waals surface area contributed by atoms with Crippen molar-refractivity contribution in [2.24, 2.45) is 0 Å². The number of likely N-dealkylation sites (tertiary alicyclic amines) is 1. The van der Waals surface area contributed by atoms with E-state index < -0.39 is 35.1 Å². The fourth-order valence-electron chi connectivity index (χ4n) is 3.80. The molecule has 0 bridgehead atoms. The highest BCUT2D eigenvalue weighted by atomic mass is 32.1. The predicted molar refractivity (Wildman–Crippen MR) is 116 cm³/mol. The molecule has 3 rings (SSSR count). The standard InChI is InChI=1S/C22H24N2O6S/c25-14-7-5-13(6-8-14)11-19(31)21(28)23-12-20(27)24-16(9-10-17(24)22(29)30)15-3-1-2-4-18(15)26/h1-8,16-17,19,25-26,31H,9-12H2,(H,23,28)(H,29,30)/t16-,17+,19+/m1/s1. The molecule has 0 saturated carbocycles. The van der Waals surface area contributed by atoms with E-state index in [0.29, 0.717) is 18.4 Å². The maximum Gasteiger partial charge on any atom is 0.326 e. The maximum absolute atomic E-state index is 12.9. The first-order valence-electron chi connectivity index (χ1n) is 9.83. The Morgan fingerprint density at radius 3 is 2.39 bits per heavy atom. The molecule has 2 aromatic carbocycles. The van der Waals surface area contributed by atoms with Crippen molar-refractivity contribution in [2.45, 2.75) is 36.6 Å². The average Bonchev–Trinajstić information content (AvgIpc) is 3.19. The van der Waals surface area contributed by atoms with E-state index in [9.17, 15) is 29.7 Å². The molecule has 2 aromatic rings. The van der Waals surface area contributed by atoms with Gasteiger partial charge in [-0.15, -0.1) is 0 Å². The van der Waals surface area contributed by atoms with Crippen molar-refractivity contribution in [3.8, 4) is 11.5 Å². The Bertz CT molecular complexity index is 965. The Kier molecular flexibility index (Phi) is 7.06. The second-order valence-corrected chi connectivity index (χ2v) is 8.03. The van der Waals surface area contributed by atoms with E-state index in [1.807, 2.05) is 0 Å². The van der Waals surface area contributed by atoms with Crippen molar-refractivity contribution in [3.63, 3.8) is 0 Å². The number of nitrogens with one attached hydrogen (secondary N) is 1. The second kappa shape index (κ2) is 9.74. The van der Waals surface area contributed by atoms with Crippen LogP contribution >= 0.6 is 12.6 Å². The highest BCUT2D eigenvalue weighted by molar-refractivity contribution is 7.81. The number of hydrogen-bond acceptors (Lipinski definition) is 6. The van der Waals surface area contributed by atoms with Crippen molar-refractivity contribution in [3.05, 3.63) is 59.7 Å². The molecule has 0 unspecified atom stereocenters. The van der Waals surface area contributed by atoms with Gasteiger partial charge in [-0.2, -0.15) is 12.6 Å². The molecule has 4 N–H and O–H groups in total. The molecule has 1 saturated heterocycles. The van der Waals surface area contributed by atoms with Gasteiger partial charge in [0.15, 0.2) is 0 Å². The Morgan fingerprint density at radius 2 is 1.74 bits per heavy atom. The van der Waals surface area contributed by atoms with Gasteiger partial charge >= 0.3 is 5.97 Å². The van der Waals surface area contributed by atoms with Crippen molar-refractivity contribution in [1.29, 1.82) is 0 Å². The molecule has 0 radical (unpaired) electrons. The molecule has 3 atom stereocenters. The fraction of sp³-hybridized carbons (Fsp3) is 0.318. The lowest BCUT2D eigenvalue weighted by molar-refractivity contribution is -0.149. The molecule has 1 fully saturated rings. The number of nitrogens with zero attached hydrogens (tertiary/aromatic N) is 1. The highest BCUT2D eigenvalue weighted by Crippen LogP contribution is 2.39. The Balaban J connectivity index is 1.66. The smallest absolute Gasteiger partial charge is 0.326 e. The number of carbonyl (C=O) groups excluding carboxylic acids is 2. The third-order valence-corrected chi connectivity index (χ3v) is 5.75. The SMILES string of the molecule is O=C(NCC(=O)N1[C@@H](c2ccccc2O)CC[C@H]1C(=O)O)[C@@H](S)Cc1ccc(O)cc1. The molecule has 0 aliphatic carbocycles. The number of benzene rings is 2. The topological polar surface area (TPSA) is 127 Å². The summed E-state index contributed by atoms with van der Waals surface area (Å²) in [5.41, 5.74) is 1.27. The number of rotatable bonds is 7. The van der Waals surface area contributed by atoms with E-state index in [4.69, 9.17) is 0 Å². The van der Waals surface area contributed by atoms with Gasteiger partial charge in [0.25, 0.3) is 0 Å². The molecular weight excluding hydrogens is 420 g/mol. The quantitative estimate of drug-likeness (QED) is 0.415. The van der Waals surface area contributed by atoms with Gasteiger partial charge in [-0.3, -0.25) is 9.59 Å². The molecule has 2 amide bonds. The van der Waals surface area contributed by atoms with Gasteiger partial charge in [0.2, 0.25) is 11.8 Å². The Morgan fingerprint density at radius 1 is 1.06 bits per heavy atom. The number of carboxylic acids is 1. The molecule has 0 spiro atoms. The first-order valence-corrected chi connectivity index (χ1v) is 10.3. The number of amides is 2. The Labute approximate surface area is 184 Å². The first kappa shape index (κ1) is 22.5. The third kappa shape index (κ3) is 5.29. The van der Waals surface area contributed by atoms with Crippen LogP contribution in [-0.2, 0) is 20.8 Å². The fourth-order valence-corrected chi connectivity index (χ4v) is 4.10. The number of phenolic OH excluding ortho intramolecular Hbond substituents is 2. The maximum atomic E-state index is 12.9. The van der Waals surface area contributed by atoms with Crippen LogP contribution in [0, 0.1) is 0 Å². The number of hydrogen-bond donors (Lipinski definition) is 5. The number of thiol groups is 1. The first-order chi connectivity index (χ1) is 14.8. The van der Waals surface area contributed by atoms with Gasteiger partial charge in [0.05, 0.1) is 17.8 Å². The minimum atomic E-state index is -1.13. The van der Waals surface area contributed by atoms with Crippen molar-refractivity contribution in [2.75, 3.05) is 6.54 Å². The van der Waals surface area contributed by atoms with Crippen molar-refractivity contribution >= 4 is 30.4 Å². The van der Waals surface area contributed by atoms with Crippen molar-refractivity contribution in [1.82, 2.24) is 10.2 Å². The van der Waals surface area contributed by atoms with Crippen molar-refractivity contribution < 1.29 is 29.7 Å². The lowest BCUT2D eigenvalue weighted by Crippen LogP contribution is -2.47. The summed E-state index contributed by atoms with van der Waals surface area (Å²) < 4.78 is 0. The number of aromatic hydroxyl groups is 2. The van der Waals surface area contributed by atoms with Crippen LogP contribution in [0.2, 0.25) is 0 Å². The van der Waals surface area contributed by atoms with Gasteiger partial charge in [-0.05, 0) is 43.0 Å². The predicted octanol–water partition coefficient (Wildman–Crippen LogP) is 1.87. The van der Waals surface area contributed by atoms with E-state index >= 15 is 0 Å². The van der Waals surface area contributed by atoms with E-state index in [-0.39, 0.29) is 24.5 Å². The summed E-state index contributed by atoms with van der Waals surface area (Å²) in [6.45, 7) is -0.376. The lowest BCUT2D eigenvalue weighted by Gasteiger charge is -2.29. The number of para-hydroxylation sites is 1.